The maximum Gasteiger partial charge on any atom is 0.228 e. The SMILES string of the molecule is O=C(Cc1ccccc1)Nc1cc2c3c(c1)C1CCCC1CN3CC1CCCC21. The Hall–Kier alpha value is -2.29. The van der Waals surface area contributed by atoms with Gasteiger partial charge < -0.3 is 10.2 Å². The minimum absolute atomic E-state index is 0.0952. The van der Waals surface area contributed by atoms with Gasteiger partial charge in [-0.3, -0.25) is 4.79 Å². The third-order valence-electron chi connectivity index (χ3n) is 8.00. The van der Waals surface area contributed by atoms with Gasteiger partial charge in [0.1, 0.15) is 0 Å². The van der Waals surface area contributed by atoms with Gasteiger partial charge >= 0.3 is 0 Å². The fraction of sp³-hybridized carbons (Fsp3) is 0.500. The van der Waals surface area contributed by atoms with Crippen LogP contribution in [0.2, 0.25) is 0 Å². The average Bonchev–Trinajstić information content (AvgIpc) is 3.38. The van der Waals surface area contributed by atoms with Crippen molar-refractivity contribution in [2.75, 3.05) is 23.3 Å². The number of nitrogens with zero attached hydrogens (tertiary/aromatic N) is 1. The Morgan fingerprint density at radius 2 is 1.52 bits per heavy atom. The Labute approximate surface area is 173 Å². The van der Waals surface area contributed by atoms with Crippen molar-refractivity contribution < 1.29 is 4.79 Å². The van der Waals surface area contributed by atoms with E-state index in [0.717, 1.165) is 23.1 Å². The van der Waals surface area contributed by atoms with E-state index in [1.807, 2.05) is 30.3 Å². The van der Waals surface area contributed by atoms with Crippen molar-refractivity contribution in [2.24, 2.45) is 11.8 Å². The van der Waals surface area contributed by atoms with Gasteiger partial charge in [0.15, 0.2) is 0 Å². The van der Waals surface area contributed by atoms with Gasteiger partial charge in [0.25, 0.3) is 0 Å². The van der Waals surface area contributed by atoms with Gasteiger partial charge in [-0.05, 0) is 78.2 Å². The Bertz CT molecular complexity index is 892. The summed E-state index contributed by atoms with van der Waals surface area (Å²) < 4.78 is 0. The van der Waals surface area contributed by atoms with Crippen molar-refractivity contribution in [1.82, 2.24) is 0 Å². The molecule has 2 fully saturated rings. The second kappa shape index (κ2) is 6.90. The van der Waals surface area contributed by atoms with Gasteiger partial charge in [-0.25, -0.2) is 0 Å². The van der Waals surface area contributed by atoms with Crippen molar-refractivity contribution in [2.45, 2.75) is 56.8 Å². The van der Waals surface area contributed by atoms with Gasteiger partial charge in [-0.2, -0.15) is 0 Å². The lowest BCUT2D eigenvalue weighted by atomic mass is 9.75. The number of hydrogen-bond acceptors (Lipinski definition) is 2. The lowest BCUT2D eigenvalue weighted by molar-refractivity contribution is -0.115. The fourth-order valence-electron chi connectivity index (χ4n) is 6.82. The molecule has 3 heteroatoms. The van der Waals surface area contributed by atoms with E-state index in [0.29, 0.717) is 18.3 Å². The van der Waals surface area contributed by atoms with Crippen LogP contribution in [0.1, 0.15) is 67.1 Å². The van der Waals surface area contributed by atoms with Crippen LogP contribution in [-0.2, 0) is 11.2 Å². The molecular formula is C26H30N2O. The van der Waals surface area contributed by atoms with E-state index in [4.69, 9.17) is 0 Å². The minimum atomic E-state index is 0.0952. The molecule has 2 aliphatic heterocycles. The first kappa shape index (κ1) is 17.6. The van der Waals surface area contributed by atoms with Gasteiger partial charge in [0.2, 0.25) is 5.91 Å². The van der Waals surface area contributed by atoms with E-state index in [1.165, 1.54) is 62.7 Å². The molecule has 4 aliphatic rings. The number of carbonyl (C=O) groups is 1. The van der Waals surface area contributed by atoms with Crippen molar-refractivity contribution >= 4 is 17.3 Å². The zero-order valence-corrected chi connectivity index (χ0v) is 17.1. The molecule has 2 heterocycles. The summed E-state index contributed by atoms with van der Waals surface area (Å²) in [6, 6.07) is 14.7. The lowest BCUT2D eigenvalue weighted by Gasteiger charge is -2.46. The molecule has 150 valence electrons. The molecule has 0 aromatic heterocycles. The number of carbonyl (C=O) groups excluding carboxylic acids is 1. The molecule has 2 aromatic carbocycles. The summed E-state index contributed by atoms with van der Waals surface area (Å²) in [5.41, 5.74) is 6.73. The predicted octanol–water partition coefficient (Wildman–Crippen LogP) is 5.47. The van der Waals surface area contributed by atoms with E-state index in [9.17, 15) is 4.79 Å². The smallest absolute Gasteiger partial charge is 0.228 e. The summed E-state index contributed by atoms with van der Waals surface area (Å²) in [6.07, 6.45) is 8.53. The number of nitrogens with one attached hydrogen (secondary N) is 1. The van der Waals surface area contributed by atoms with Crippen molar-refractivity contribution in [3.05, 3.63) is 59.2 Å². The van der Waals surface area contributed by atoms with Crippen LogP contribution >= 0.6 is 0 Å². The summed E-state index contributed by atoms with van der Waals surface area (Å²) >= 11 is 0. The van der Waals surface area contributed by atoms with Gasteiger partial charge in [0, 0.05) is 24.5 Å². The molecule has 2 aliphatic carbocycles. The Balaban J connectivity index is 1.36. The molecule has 0 saturated heterocycles. The zero-order valence-electron chi connectivity index (χ0n) is 17.1. The summed E-state index contributed by atoms with van der Waals surface area (Å²) in [6.45, 7) is 2.52. The molecule has 4 unspecified atom stereocenters. The van der Waals surface area contributed by atoms with Gasteiger partial charge in [0.05, 0.1) is 6.42 Å². The standard InChI is InChI=1S/C26H30N2O/c29-25(12-17-6-2-1-3-7-17)27-20-13-23-21-10-4-8-18(21)15-28-16-19-9-5-11-22(19)24(14-20)26(23)28/h1-3,6-7,13-14,18-19,21-22H,4-5,8-12,15-16H2,(H,27,29). The highest BCUT2D eigenvalue weighted by Gasteiger charge is 2.44. The highest BCUT2D eigenvalue weighted by Crippen LogP contribution is 2.56. The number of amides is 1. The number of rotatable bonds is 3. The summed E-state index contributed by atoms with van der Waals surface area (Å²) in [5, 5.41) is 3.26. The number of benzene rings is 2. The highest BCUT2D eigenvalue weighted by atomic mass is 16.1. The normalized spacial score (nSPS) is 29.2. The monoisotopic (exact) mass is 386 g/mol. The first-order valence-electron chi connectivity index (χ1n) is 11.5. The van der Waals surface area contributed by atoms with Crippen molar-refractivity contribution in [1.29, 1.82) is 0 Å². The molecule has 1 N–H and O–H groups in total. The van der Waals surface area contributed by atoms with E-state index in [-0.39, 0.29) is 5.91 Å². The largest absolute Gasteiger partial charge is 0.370 e. The summed E-state index contributed by atoms with van der Waals surface area (Å²) in [7, 11) is 0. The van der Waals surface area contributed by atoms with E-state index < -0.39 is 0 Å². The second-order valence-corrected chi connectivity index (χ2v) is 9.71. The highest BCUT2D eigenvalue weighted by molar-refractivity contribution is 5.93. The van der Waals surface area contributed by atoms with E-state index >= 15 is 0 Å². The molecule has 3 nitrogen and oxygen atoms in total. The number of fused-ring (bicyclic) bond motifs is 4. The Morgan fingerprint density at radius 3 is 2.14 bits per heavy atom. The topological polar surface area (TPSA) is 32.3 Å². The Morgan fingerprint density at radius 1 is 0.897 bits per heavy atom. The number of anilines is 2. The molecule has 0 radical (unpaired) electrons. The minimum Gasteiger partial charge on any atom is -0.370 e. The third-order valence-corrected chi connectivity index (χ3v) is 8.00. The third kappa shape index (κ3) is 2.97. The van der Waals surface area contributed by atoms with Crippen molar-refractivity contribution in [3.8, 4) is 0 Å². The zero-order chi connectivity index (χ0) is 19.4. The maximum absolute atomic E-state index is 12.8. The molecular weight excluding hydrogens is 356 g/mol. The first-order chi connectivity index (χ1) is 14.3. The quantitative estimate of drug-likeness (QED) is 0.759. The molecule has 2 aromatic rings. The predicted molar refractivity (Wildman–Crippen MR) is 118 cm³/mol. The number of hydrogen-bond donors (Lipinski definition) is 1. The molecule has 29 heavy (non-hydrogen) atoms. The van der Waals surface area contributed by atoms with Crippen LogP contribution < -0.4 is 10.2 Å². The van der Waals surface area contributed by atoms with Crippen LogP contribution in [0.25, 0.3) is 0 Å². The second-order valence-electron chi connectivity index (χ2n) is 9.71. The molecule has 2 saturated carbocycles. The van der Waals surface area contributed by atoms with Crippen LogP contribution in [-0.4, -0.2) is 19.0 Å². The average molecular weight is 387 g/mol. The summed E-state index contributed by atoms with van der Waals surface area (Å²) in [4.78, 5) is 15.5. The van der Waals surface area contributed by atoms with Gasteiger partial charge in [-0.1, -0.05) is 43.2 Å². The molecule has 0 bridgehead atoms. The molecule has 1 amide bonds. The van der Waals surface area contributed by atoms with Crippen LogP contribution in [0, 0.1) is 11.8 Å². The van der Waals surface area contributed by atoms with Crippen LogP contribution in [0.4, 0.5) is 11.4 Å². The lowest BCUT2D eigenvalue weighted by Crippen LogP contribution is -2.43. The van der Waals surface area contributed by atoms with E-state index in [1.54, 1.807) is 5.69 Å². The van der Waals surface area contributed by atoms with E-state index in [2.05, 4.69) is 22.3 Å². The van der Waals surface area contributed by atoms with Crippen LogP contribution in [0.5, 0.6) is 0 Å². The molecule has 4 atom stereocenters. The fourth-order valence-corrected chi connectivity index (χ4v) is 6.82. The van der Waals surface area contributed by atoms with Crippen molar-refractivity contribution in [3.63, 3.8) is 0 Å². The van der Waals surface area contributed by atoms with Crippen LogP contribution in [0.15, 0.2) is 42.5 Å². The maximum atomic E-state index is 12.8. The molecule has 6 rings (SSSR count). The molecule has 0 spiro atoms. The van der Waals surface area contributed by atoms with Crippen LogP contribution in [0.3, 0.4) is 0 Å². The summed E-state index contributed by atoms with van der Waals surface area (Å²) in [5.74, 6) is 3.11. The first-order valence-corrected chi connectivity index (χ1v) is 11.5. The van der Waals surface area contributed by atoms with Gasteiger partial charge in [-0.15, -0.1) is 0 Å². The Kier molecular flexibility index (Phi) is 4.18.